The van der Waals surface area contributed by atoms with Crippen molar-refractivity contribution in [2.75, 3.05) is 50.1 Å². The molecule has 0 amide bonds. The molecule has 1 aromatic carbocycles. The smallest absolute Gasteiger partial charge is 0.303 e. The van der Waals surface area contributed by atoms with Crippen LogP contribution in [-0.2, 0) is 21.5 Å². The summed E-state index contributed by atoms with van der Waals surface area (Å²) in [6.07, 6.45) is 1.60. The predicted molar refractivity (Wildman–Crippen MR) is 135 cm³/mol. The predicted octanol–water partition coefficient (Wildman–Crippen LogP) is 1.50. The van der Waals surface area contributed by atoms with Crippen LogP contribution in [0.1, 0.15) is 5.56 Å². The molecule has 190 valence electrons. The van der Waals surface area contributed by atoms with Crippen LogP contribution in [0.25, 0.3) is 22.6 Å². The Bertz CT molecular complexity index is 1480. The molecule has 4 N–H and O–H groups in total. The number of anilines is 3. The molecule has 0 saturated heterocycles. The summed E-state index contributed by atoms with van der Waals surface area (Å²) in [5.74, 6) is -0.599. The molecule has 0 fully saturated rings. The molecule has 0 aliphatic carbocycles. The molecule has 4 aromatic rings. The fourth-order valence-electron chi connectivity index (χ4n) is 3.64. The lowest BCUT2D eigenvalue weighted by molar-refractivity contribution is 0.208. The van der Waals surface area contributed by atoms with E-state index in [1.165, 1.54) is 32.0 Å². The molecule has 3 aromatic heterocycles. The molecule has 36 heavy (non-hydrogen) atoms. The van der Waals surface area contributed by atoms with Crippen molar-refractivity contribution >= 4 is 38.6 Å². The van der Waals surface area contributed by atoms with Gasteiger partial charge in [0.1, 0.15) is 17.2 Å². The summed E-state index contributed by atoms with van der Waals surface area (Å²) in [7, 11) is 0.247. The van der Waals surface area contributed by atoms with Crippen molar-refractivity contribution in [1.82, 2.24) is 29.0 Å². The summed E-state index contributed by atoms with van der Waals surface area (Å²) >= 11 is 0. The Morgan fingerprint density at radius 1 is 1.08 bits per heavy atom. The lowest BCUT2D eigenvalue weighted by Gasteiger charge is -2.28. The van der Waals surface area contributed by atoms with Crippen molar-refractivity contribution in [3.63, 3.8) is 0 Å². The Labute approximate surface area is 207 Å². The Morgan fingerprint density at radius 2 is 1.78 bits per heavy atom. The minimum Gasteiger partial charge on any atom is -0.383 e. The van der Waals surface area contributed by atoms with E-state index in [1.807, 2.05) is 0 Å². The maximum absolute atomic E-state index is 14.3. The third-order valence-electron chi connectivity index (χ3n) is 5.42. The van der Waals surface area contributed by atoms with E-state index in [0.717, 1.165) is 8.61 Å². The van der Waals surface area contributed by atoms with Crippen molar-refractivity contribution in [3.8, 4) is 11.5 Å². The zero-order valence-electron chi connectivity index (χ0n) is 20.0. The van der Waals surface area contributed by atoms with Gasteiger partial charge >= 0.3 is 10.2 Å². The first kappa shape index (κ1) is 25.2. The molecular formula is C22H26FN9O3S. The largest absolute Gasteiger partial charge is 0.383 e. The van der Waals surface area contributed by atoms with Crippen LogP contribution in [0.15, 0.2) is 42.6 Å². The van der Waals surface area contributed by atoms with Crippen molar-refractivity contribution in [1.29, 1.82) is 0 Å². The number of halogens is 1. The molecule has 0 atom stereocenters. The number of methoxy groups -OCH3 is 1. The van der Waals surface area contributed by atoms with Gasteiger partial charge in [0.05, 0.1) is 25.1 Å². The first-order valence-electron chi connectivity index (χ1n) is 10.8. The minimum atomic E-state index is -3.97. The van der Waals surface area contributed by atoms with Gasteiger partial charge < -0.3 is 16.2 Å². The molecule has 3 heterocycles. The number of pyridine rings is 1. The Hall–Kier alpha value is -3.88. The third kappa shape index (κ3) is 4.65. The first-order chi connectivity index (χ1) is 17.1. The van der Waals surface area contributed by atoms with Crippen molar-refractivity contribution in [2.24, 2.45) is 0 Å². The number of rotatable bonds is 9. The molecule has 0 aliphatic rings. The molecule has 4 rings (SSSR count). The van der Waals surface area contributed by atoms with E-state index in [2.05, 4.69) is 20.1 Å². The molecule has 0 bridgehead atoms. The van der Waals surface area contributed by atoms with E-state index in [4.69, 9.17) is 16.2 Å². The number of nitrogen functional groups attached to an aromatic ring is 2. The van der Waals surface area contributed by atoms with Gasteiger partial charge in [-0.25, -0.2) is 28.3 Å². The van der Waals surface area contributed by atoms with E-state index < -0.39 is 10.2 Å². The molecule has 0 unspecified atom stereocenters. The van der Waals surface area contributed by atoms with Gasteiger partial charge in [0.25, 0.3) is 0 Å². The molecule has 14 heteroatoms. The topological polar surface area (TPSA) is 158 Å². The Balaban J connectivity index is 1.82. The molecule has 0 saturated carbocycles. The van der Waals surface area contributed by atoms with Gasteiger partial charge in [0, 0.05) is 33.0 Å². The van der Waals surface area contributed by atoms with Crippen LogP contribution in [0.4, 0.5) is 21.7 Å². The lowest BCUT2D eigenvalue weighted by Crippen LogP contribution is -2.42. The van der Waals surface area contributed by atoms with Gasteiger partial charge in [-0.15, -0.1) is 0 Å². The first-order valence-corrected chi connectivity index (χ1v) is 12.2. The summed E-state index contributed by atoms with van der Waals surface area (Å²) < 4.78 is 48.8. The number of nitrogens with two attached hydrogens (primary N) is 2. The molecule has 0 radical (unpaired) electrons. The summed E-state index contributed by atoms with van der Waals surface area (Å²) in [5, 5.41) is 5.17. The van der Waals surface area contributed by atoms with E-state index in [-0.39, 0.29) is 48.7 Å². The molecule has 0 aliphatic heterocycles. The minimum absolute atomic E-state index is 0.0573. The Kier molecular flexibility index (Phi) is 7.01. The fourth-order valence-corrected chi connectivity index (χ4v) is 4.76. The normalized spacial score (nSPS) is 11.9. The van der Waals surface area contributed by atoms with Crippen molar-refractivity contribution < 1.29 is 17.5 Å². The zero-order valence-corrected chi connectivity index (χ0v) is 20.8. The number of hydrogen-bond acceptors (Lipinski definition) is 9. The average molecular weight is 516 g/mol. The van der Waals surface area contributed by atoms with E-state index >= 15 is 0 Å². The summed E-state index contributed by atoms with van der Waals surface area (Å²) in [4.78, 5) is 13.1. The van der Waals surface area contributed by atoms with Crippen LogP contribution >= 0.6 is 0 Å². The molecule has 12 nitrogen and oxygen atoms in total. The van der Waals surface area contributed by atoms with Crippen LogP contribution in [0.5, 0.6) is 0 Å². The van der Waals surface area contributed by atoms with Crippen molar-refractivity contribution in [2.45, 2.75) is 6.54 Å². The van der Waals surface area contributed by atoms with Gasteiger partial charge in [-0.3, -0.25) is 0 Å². The SMILES string of the molecule is COCCN(c1c(N)nc(-c2nn(Cc3ccccc3F)c3ncccc23)nc1N)S(=O)(=O)N(C)C. The fraction of sp³-hybridized carbons (Fsp3) is 0.273. The summed E-state index contributed by atoms with van der Waals surface area (Å²) in [5.41, 5.74) is 13.6. The van der Waals surface area contributed by atoms with Crippen LogP contribution in [0, 0.1) is 5.82 Å². The highest BCUT2D eigenvalue weighted by Gasteiger charge is 2.30. The second-order valence-electron chi connectivity index (χ2n) is 7.99. The third-order valence-corrected chi connectivity index (χ3v) is 7.27. The Morgan fingerprint density at radius 3 is 2.42 bits per heavy atom. The number of nitrogens with zero attached hydrogens (tertiary/aromatic N) is 7. The van der Waals surface area contributed by atoms with E-state index in [9.17, 15) is 12.8 Å². The average Bonchev–Trinajstić information content (AvgIpc) is 3.20. The highest BCUT2D eigenvalue weighted by atomic mass is 32.2. The van der Waals surface area contributed by atoms with E-state index in [1.54, 1.807) is 36.5 Å². The number of hydrogen-bond donors (Lipinski definition) is 2. The van der Waals surface area contributed by atoms with Crippen molar-refractivity contribution in [3.05, 3.63) is 54.0 Å². The van der Waals surface area contributed by atoms with Gasteiger partial charge in [-0.2, -0.15) is 17.8 Å². The summed E-state index contributed by atoms with van der Waals surface area (Å²) in [6, 6.07) is 9.86. The lowest BCUT2D eigenvalue weighted by atomic mass is 10.2. The molecule has 0 spiro atoms. The second-order valence-corrected chi connectivity index (χ2v) is 10.1. The van der Waals surface area contributed by atoms with E-state index in [0.29, 0.717) is 22.3 Å². The van der Waals surface area contributed by atoms with Gasteiger partial charge in [0.2, 0.25) is 0 Å². The summed E-state index contributed by atoms with van der Waals surface area (Å²) in [6.45, 7) is 0.151. The highest BCUT2D eigenvalue weighted by molar-refractivity contribution is 7.90. The quantitative estimate of drug-likeness (QED) is 0.337. The number of aromatic nitrogens is 5. The number of ether oxygens (including phenoxy) is 1. The maximum Gasteiger partial charge on any atom is 0.303 e. The van der Waals surface area contributed by atoms with Gasteiger partial charge in [-0.1, -0.05) is 18.2 Å². The van der Waals surface area contributed by atoms with Crippen LogP contribution in [-0.4, -0.2) is 71.8 Å². The van der Waals surface area contributed by atoms with Crippen LogP contribution in [0.2, 0.25) is 0 Å². The zero-order chi connectivity index (χ0) is 26.0. The molecular weight excluding hydrogens is 489 g/mol. The number of benzene rings is 1. The standard InChI is InChI=1S/C22H26FN9O3S/c1-30(2)36(33,34)32(11-12-35-3)18-19(24)27-21(28-20(18)25)17-15-8-6-10-26-22(15)31(29-17)13-14-7-4-5-9-16(14)23/h4-10H,11-13H2,1-3H3,(H4,24,25,27,28). The second kappa shape index (κ2) is 10.0. The highest BCUT2D eigenvalue weighted by Crippen LogP contribution is 2.34. The monoisotopic (exact) mass is 515 g/mol. The van der Waals surface area contributed by atoms with Crippen LogP contribution in [0.3, 0.4) is 0 Å². The van der Waals surface area contributed by atoms with Crippen LogP contribution < -0.4 is 15.8 Å². The van der Waals surface area contributed by atoms with Gasteiger partial charge in [-0.05, 0) is 18.2 Å². The number of fused-ring (bicyclic) bond motifs is 1. The maximum atomic E-state index is 14.3. The van der Waals surface area contributed by atoms with Gasteiger partial charge in [0.15, 0.2) is 23.1 Å².